The lowest BCUT2D eigenvalue weighted by atomic mass is 10.1. The molecule has 2 aromatic carbocycles. The van der Waals surface area contributed by atoms with Gasteiger partial charge in [-0.2, -0.15) is 5.26 Å². The second kappa shape index (κ2) is 6.88. The first-order chi connectivity index (χ1) is 11.7. The number of pyridine rings is 1. The number of anilines is 2. The van der Waals surface area contributed by atoms with Crippen LogP contribution in [0.25, 0.3) is 10.9 Å². The lowest BCUT2D eigenvalue weighted by Crippen LogP contribution is -1.98. The molecule has 120 valence electrons. The third-order valence-corrected chi connectivity index (χ3v) is 3.61. The van der Waals surface area contributed by atoms with Crippen molar-refractivity contribution in [1.29, 1.82) is 5.26 Å². The van der Waals surface area contributed by atoms with Crippen molar-refractivity contribution < 1.29 is 9.47 Å². The van der Waals surface area contributed by atoms with Crippen LogP contribution < -0.4 is 14.8 Å². The highest BCUT2D eigenvalue weighted by molar-refractivity contribution is 5.96. The normalized spacial score (nSPS) is 10.2. The van der Waals surface area contributed by atoms with Gasteiger partial charge in [0.15, 0.2) is 0 Å². The number of ether oxygens (including phenoxy) is 2. The lowest BCUT2D eigenvalue weighted by molar-refractivity contribution is 0.340. The number of methoxy groups -OCH3 is 1. The van der Waals surface area contributed by atoms with Gasteiger partial charge in [-0.1, -0.05) is 6.07 Å². The minimum atomic E-state index is 0.471. The van der Waals surface area contributed by atoms with E-state index in [1.54, 1.807) is 13.3 Å². The molecule has 0 unspecified atom stereocenters. The van der Waals surface area contributed by atoms with Crippen LogP contribution in [-0.4, -0.2) is 18.7 Å². The molecule has 0 saturated heterocycles. The molecule has 0 bridgehead atoms. The van der Waals surface area contributed by atoms with Gasteiger partial charge in [-0.15, -0.1) is 0 Å². The van der Waals surface area contributed by atoms with Crippen LogP contribution in [0.3, 0.4) is 0 Å². The molecule has 1 heterocycles. The molecule has 0 amide bonds. The number of nitriles is 1. The zero-order valence-corrected chi connectivity index (χ0v) is 13.5. The maximum Gasteiger partial charge on any atom is 0.120 e. The summed E-state index contributed by atoms with van der Waals surface area (Å²) in [5, 5.41) is 13.6. The van der Waals surface area contributed by atoms with E-state index in [-0.39, 0.29) is 0 Å². The van der Waals surface area contributed by atoms with Crippen molar-refractivity contribution in [3.63, 3.8) is 0 Å². The third-order valence-electron chi connectivity index (χ3n) is 3.61. The first kappa shape index (κ1) is 15.6. The Hall–Kier alpha value is -3.26. The summed E-state index contributed by atoms with van der Waals surface area (Å²) in [7, 11) is 1.62. The van der Waals surface area contributed by atoms with Crippen LogP contribution in [0, 0.1) is 11.3 Å². The van der Waals surface area contributed by atoms with Gasteiger partial charge in [0.2, 0.25) is 0 Å². The number of nitrogens with one attached hydrogen (secondary N) is 1. The fourth-order valence-corrected chi connectivity index (χ4v) is 2.49. The van der Waals surface area contributed by atoms with Crippen molar-refractivity contribution in [3.8, 4) is 17.6 Å². The van der Waals surface area contributed by atoms with Crippen molar-refractivity contribution in [1.82, 2.24) is 4.98 Å². The largest absolute Gasteiger partial charge is 0.497 e. The molecule has 3 rings (SSSR count). The Bertz CT molecular complexity index is 916. The van der Waals surface area contributed by atoms with Crippen molar-refractivity contribution in [2.45, 2.75) is 6.92 Å². The Morgan fingerprint density at radius 2 is 2.04 bits per heavy atom. The number of fused-ring (bicyclic) bond motifs is 1. The van der Waals surface area contributed by atoms with Crippen LogP contribution in [0.15, 0.2) is 48.7 Å². The van der Waals surface area contributed by atoms with Crippen molar-refractivity contribution in [2.75, 3.05) is 19.0 Å². The van der Waals surface area contributed by atoms with E-state index in [4.69, 9.17) is 9.47 Å². The summed E-state index contributed by atoms with van der Waals surface area (Å²) >= 11 is 0. The quantitative estimate of drug-likeness (QED) is 0.761. The summed E-state index contributed by atoms with van der Waals surface area (Å²) in [5.74, 6) is 1.49. The van der Waals surface area contributed by atoms with Gasteiger partial charge < -0.3 is 14.8 Å². The molecule has 1 N–H and O–H groups in total. The van der Waals surface area contributed by atoms with Crippen molar-refractivity contribution in [3.05, 3.63) is 54.2 Å². The van der Waals surface area contributed by atoms with E-state index in [1.165, 1.54) is 0 Å². The van der Waals surface area contributed by atoms with E-state index in [1.807, 2.05) is 49.4 Å². The average molecular weight is 319 g/mol. The Morgan fingerprint density at radius 1 is 1.17 bits per heavy atom. The van der Waals surface area contributed by atoms with E-state index in [9.17, 15) is 5.26 Å². The molecule has 0 fully saturated rings. The van der Waals surface area contributed by atoms with Crippen LogP contribution in [0.1, 0.15) is 12.5 Å². The molecule has 24 heavy (non-hydrogen) atoms. The van der Waals surface area contributed by atoms with Gasteiger partial charge in [0, 0.05) is 23.3 Å². The van der Waals surface area contributed by atoms with Crippen LogP contribution in [-0.2, 0) is 0 Å². The predicted molar refractivity (Wildman–Crippen MR) is 93.9 cm³/mol. The second-order valence-corrected chi connectivity index (χ2v) is 5.13. The minimum Gasteiger partial charge on any atom is -0.497 e. The number of aromatic nitrogens is 1. The molecular weight excluding hydrogens is 302 g/mol. The van der Waals surface area contributed by atoms with Gasteiger partial charge in [-0.3, -0.25) is 4.98 Å². The molecule has 5 nitrogen and oxygen atoms in total. The van der Waals surface area contributed by atoms with Gasteiger partial charge >= 0.3 is 0 Å². The molecule has 3 aromatic rings. The summed E-state index contributed by atoms with van der Waals surface area (Å²) in [6, 6.07) is 15.4. The number of hydrogen-bond donors (Lipinski definition) is 1. The molecule has 0 atom stereocenters. The monoisotopic (exact) mass is 319 g/mol. The van der Waals surface area contributed by atoms with Crippen molar-refractivity contribution >= 4 is 22.3 Å². The van der Waals surface area contributed by atoms with Crippen LogP contribution in [0.2, 0.25) is 0 Å². The zero-order chi connectivity index (χ0) is 16.9. The highest BCUT2D eigenvalue weighted by Crippen LogP contribution is 2.32. The first-order valence-electron chi connectivity index (χ1n) is 7.62. The number of benzene rings is 2. The van der Waals surface area contributed by atoms with E-state index >= 15 is 0 Å². The Balaban J connectivity index is 2.12. The summed E-state index contributed by atoms with van der Waals surface area (Å²) in [5.41, 5.74) is 2.80. The molecule has 0 saturated carbocycles. The molecule has 0 spiro atoms. The van der Waals surface area contributed by atoms with Gasteiger partial charge in [0.05, 0.1) is 30.5 Å². The zero-order valence-electron chi connectivity index (χ0n) is 13.5. The van der Waals surface area contributed by atoms with Crippen molar-refractivity contribution in [2.24, 2.45) is 0 Å². The lowest BCUT2D eigenvalue weighted by Gasteiger charge is -2.13. The summed E-state index contributed by atoms with van der Waals surface area (Å²) < 4.78 is 10.8. The molecule has 0 aliphatic rings. The summed E-state index contributed by atoms with van der Waals surface area (Å²) in [6.45, 7) is 2.51. The molecular formula is C19H17N3O2. The molecule has 0 radical (unpaired) electrons. The standard InChI is InChI=1S/C19H17N3O2/c1-3-24-16-7-8-18-17(10-16)19(13(11-20)12-21-18)22-14-5-4-6-15(9-14)23-2/h4-10,12H,3H2,1-2H3,(H,21,22). The second-order valence-electron chi connectivity index (χ2n) is 5.13. The van der Waals surface area contributed by atoms with Crippen LogP contribution in [0.5, 0.6) is 11.5 Å². The highest BCUT2D eigenvalue weighted by Gasteiger charge is 2.11. The fraction of sp³-hybridized carbons (Fsp3) is 0.158. The van der Waals surface area contributed by atoms with Crippen LogP contribution in [0.4, 0.5) is 11.4 Å². The topological polar surface area (TPSA) is 67.2 Å². The summed E-state index contributed by atoms with van der Waals surface area (Å²) in [6.07, 6.45) is 1.57. The Morgan fingerprint density at radius 3 is 2.79 bits per heavy atom. The maximum absolute atomic E-state index is 9.44. The smallest absolute Gasteiger partial charge is 0.120 e. The highest BCUT2D eigenvalue weighted by atomic mass is 16.5. The molecule has 0 aliphatic heterocycles. The molecule has 5 heteroatoms. The van der Waals surface area contributed by atoms with Crippen LogP contribution >= 0.6 is 0 Å². The third kappa shape index (κ3) is 3.08. The summed E-state index contributed by atoms with van der Waals surface area (Å²) in [4.78, 5) is 4.35. The van der Waals surface area contributed by atoms with E-state index < -0.39 is 0 Å². The van der Waals surface area contributed by atoms with Gasteiger partial charge in [0.1, 0.15) is 17.6 Å². The van der Waals surface area contributed by atoms with E-state index in [2.05, 4.69) is 16.4 Å². The van der Waals surface area contributed by atoms with E-state index in [0.29, 0.717) is 17.9 Å². The van der Waals surface area contributed by atoms with Gasteiger partial charge in [-0.05, 0) is 37.3 Å². The predicted octanol–water partition coefficient (Wildman–Crippen LogP) is 4.26. The molecule has 0 aliphatic carbocycles. The average Bonchev–Trinajstić information content (AvgIpc) is 2.62. The van der Waals surface area contributed by atoms with Gasteiger partial charge in [0.25, 0.3) is 0 Å². The number of rotatable bonds is 5. The SMILES string of the molecule is CCOc1ccc2ncc(C#N)c(Nc3cccc(OC)c3)c2c1. The van der Waals surface area contributed by atoms with Gasteiger partial charge in [-0.25, -0.2) is 0 Å². The maximum atomic E-state index is 9.44. The first-order valence-corrected chi connectivity index (χ1v) is 7.62. The Kier molecular flexibility index (Phi) is 4.48. The Labute approximate surface area is 140 Å². The number of hydrogen-bond acceptors (Lipinski definition) is 5. The number of nitrogens with zero attached hydrogens (tertiary/aromatic N) is 2. The minimum absolute atomic E-state index is 0.471. The fourth-order valence-electron chi connectivity index (χ4n) is 2.49. The van der Waals surface area contributed by atoms with E-state index in [0.717, 1.165) is 28.1 Å². The molecule has 1 aromatic heterocycles.